The van der Waals surface area contributed by atoms with Crippen molar-refractivity contribution in [2.24, 2.45) is 7.05 Å². The van der Waals surface area contributed by atoms with Crippen molar-refractivity contribution in [3.8, 4) is 11.5 Å². The molecule has 0 fully saturated rings. The monoisotopic (exact) mass is 274 g/mol. The summed E-state index contributed by atoms with van der Waals surface area (Å²) in [5.74, 6) is 1.00. The van der Waals surface area contributed by atoms with E-state index in [2.05, 4.69) is 5.32 Å². The first kappa shape index (κ1) is 14.0. The maximum atomic E-state index is 12.1. The Morgan fingerprint density at radius 3 is 2.55 bits per heavy atom. The zero-order chi connectivity index (χ0) is 14.5. The molecule has 2 aromatic rings. The van der Waals surface area contributed by atoms with Crippen LogP contribution in [0.2, 0.25) is 0 Å². The Morgan fingerprint density at radius 2 is 1.95 bits per heavy atom. The molecular weight excluding hydrogens is 256 g/mol. The predicted molar refractivity (Wildman–Crippen MR) is 76.1 cm³/mol. The van der Waals surface area contributed by atoms with Crippen LogP contribution in [-0.4, -0.2) is 24.7 Å². The fraction of sp³-hybridized carbons (Fsp3) is 0.267. The molecule has 0 atom stereocenters. The molecule has 0 aliphatic carbocycles. The third kappa shape index (κ3) is 3.12. The number of methoxy groups -OCH3 is 2. The van der Waals surface area contributed by atoms with E-state index in [0.717, 1.165) is 5.56 Å². The summed E-state index contributed by atoms with van der Waals surface area (Å²) in [6, 6.07) is 7.06. The third-order valence-electron chi connectivity index (χ3n) is 2.99. The van der Waals surface area contributed by atoms with Gasteiger partial charge in [-0.15, -0.1) is 0 Å². The van der Waals surface area contributed by atoms with E-state index in [1.165, 1.54) is 0 Å². The van der Waals surface area contributed by atoms with E-state index in [0.29, 0.717) is 23.6 Å². The lowest BCUT2D eigenvalue weighted by atomic mass is 10.2. The number of aryl methyl sites for hydroxylation is 1. The molecule has 0 aliphatic rings. The number of rotatable bonds is 5. The molecule has 0 bridgehead atoms. The number of nitrogens with zero attached hydrogens (tertiary/aromatic N) is 1. The standard InChI is InChI=1S/C15H18N2O3/c1-17-7-6-11(10-17)9-16-15(18)12-4-5-13(19-2)14(8-12)20-3/h4-8,10H,9H2,1-3H3,(H,16,18). The van der Waals surface area contributed by atoms with Gasteiger partial charge in [-0.3, -0.25) is 4.79 Å². The molecule has 0 spiro atoms. The van der Waals surface area contributed by atoms with Crippen molar-refractivity contribution in [3.05, 3.63) is 47.8 Å². The zero-order valence-corrected chi connectivity index (χ0v) is 11.8. The summed E-state index contributed by atoms with van der Waals surface area (Å²) in [5.41, 5.74) is 1.60. The summed E-state index contributed by atoms with van der Waals surface area (Å²) < 4.78 is 12.3. The Hall–Kier alpha value is -2.43. The largest absolute Gasteiger partial charge is 0.493 e. The molecule has 1 heterocycles. The number of nitrogens with one attached hydrogen (secondary N) is 1. The highest BCUT2D eigenvalue weighted by Gasteiger charge is 2.10. The molecule has 5 heteroatoms. The lowest BCUT2D eigenvalue weighted by molar-refractivity contribution is 0.0950. The van der Waals surface area contributed by atoms with Gasteiger partial charge in [0, 0.05) is 31.5 Å². The van der Waals surface area contributed by atoms with Crippen LogP contribution < -0.4 is 14.8 Å². The smallest absolute Gasteiger partial charge is 0.251 e. The minimum Gasteiger partial charge on any atom is -0.493 e. The first-order valence-electron chi connectivity index (χ1n) is 6.25. The van der Waals surface area contributed by atoms with Gasteiger partial charge in [0.25, 0.3) is 5.91 Å². The highest BCUT2D eigenvalue weighted by molar-refractivity contribution is 5.94. The van der Waals surface area contributed by atoms with Crippen LogP contribution in [0.3, 0.4) is 0 Å². The Labute approximate surface area is 118 Å². The molecule has 2 rings (SSSR count). The van der Waals surface area contributed by atoms with E-state index in [9.17, 15) is 4.79 Å². The van der Waals surface area contributed by atoms with Crippen LogP contribution in [0.1, 0.15) is 15.9 Å². The predicted octanol–water partition coefficient (Wildman–Crippen LogP) is 1.97. The summed E-state index contributed by atoms with van der Waals surface area (Å²) in [7, 11) is 5.05. The van der Waals surface area contributed by atoms with E-state index in [4.69, 9.17) is 9.47 Å². The second kappa shape index (κ2) is 6.14. The molecule has 0 radical (unpaired) electrons. The molecule has 1 amide bonds. The zero-order valence-electron chi connectivity index (χ0n) is 11.8. The number of amides is 1. The van der Waals surface area contributed by atoms with Gasteiger partial charge in [-0.2, -0.15) is 0 Å². The Bertz CT molecular complexity index is 605. The normalized spacial score (nSPS) is 10.2. The molecule has 0 saturated carbocycles. The molecular formula is C15H18N2O3. The van der Waals surface area contributed by atoms with Crippen LogP contribution in [0.4, 0.5) is 0 Å². The second-order valence-corrected chi connectivity index (χ2v) is 4.44. The average Bonchev–Trinajstić information content (AvgIpc) is 2.89. The van der Waals surface area contributed by atoms with Crippen molar-refractivity contribution in [1.29, 1.82) is 0 Å². The number of hydrogen-bond acceptors (Lipinski definition) is 3. The number of benzene rings is 1. The number of hydrogen-bond donors (Lipinski definition) is 1. The summed E-state index contributed by atoms with van der Waals surface area (Å²) in [5, 5.41) is 2.87. The lowest BCUT2D eigenvalue weighted by Gasteiger charge is -2.09. The van der Waals surface area contributed by atoms with E-state index >= 15 is 0 Å². The first-order chi connectivity index (χ1) is 9.63. The van der Waals surface area contributed by atoms with Crippen molar-refractivity contribution >= 4 is 5.91 Å². The van der Waals surface area contributed by atoms with E-state index in [1.807, 2.05) is 30.1 Å². The maximum Gasteiger partial charge on any atom is 0.251 e. The van der Waals surface area contributed by atoms with Gasteiger partial charge in [0.15, 0.2) is 11.5 Å². The Balaban J connectivity index is 2.05. The van der Waals surface area contributed by atoms with Crippen LogP contribution in [0.5, 0.6) is 11.5 Å². The fourth-order valence-corrected chi connectivity index (χ4v) is 1.93. The highest BCUT2D eigenvalue weighted by Crippen LogP contribution is 2.27. The second-order valence-electron chi connectivity index (χ2n) is 4.44. The van der Waals surface area contributed by atoms with Crippen LogP contribution in [0, 0.1) is 0 Å². The average molecular weight is 274 g/mol. The molecule has 0 aliphatic heterocycles. The molecule has 1 aromatic carbocycles. The molecule has 20 heavy (non-hydrogen) atoms. The van der Waals surface area contributed by atoms with Gasteiger partial charge in [0.1, 0.15) is 0 Å². The van der Waals surface area contributed by atoms with Crippen molar-refractivity contribution < 1.29 is 14.3 Å². The number of carbonyl (C=O) groups excluding carboxylic acids is 1. The van der Waals surface area contributed by atoms with Crippen molar-refractivity contribution in [3.63, 3.8) is 0 Å². The van der Waals surface area contributed by atoms with Gasteiger partial charge in [-0.1, -0.05) is 0 Å². The van der Waals surface area contributed by atoms with Crippen LogP contribution in [-0.2, 0) is 13.6 Å². The Kier molecular flexibility index (Phi) is 4.30. The van der Waals surface area contributed by atoms with Gasteiger partial charge >= 0.3 is 0 Å². The van der Waals surface area contributed by atoms with Gasteiger partial charge < -0.3 is 19.4 Å². The maximum absolute atomic E-state index is 12.1. The van der Waals surface area contributed by atoms with Crippen LogP contribution in [0.15, 0.2) is 36.7 Å². The summed E-state index contributed by atoms with van der Waals surface area (Å²) >= 11 is 0. The summed E-state index contributed by atoms with van der Waals surface area (Å²) in [6.07, 6.45) is 3.91. The van der Waals surface area contributed by atoms with Crippen molar-refractivity contribution in [2.45, 2.75) is 6.54 Å². The molecule has 1 aromatic heterocycles. The molecule has 1 N–H and O–H groups in total. The van der Waals surface area contributed by atoms with Gasteiger partial charge in [0.2, 0.25) is 0 Å². The highest BCUT2D eigenvalue weighted by atomic mass is 16.5. The molecule has 5 nitrogen and oxygen atoms in total. The van der Waals surface area contributed by atoms with Crippen molar-refractivity contribution in [1.82, 2.24) is 9.88 Å². The van der Waals surface area contributed by atoms with E-state index in [-0.39, 0.29) is 5.91 Å². The number of carbonyl (C=O) groups is 1. The lowest BCUT2D eigenvalue weighted by Crippen LogP contribution is -2.22. The van der Waals surface area contributed by atoms with Gasteiger partial charge in [-0.05, 0) is 29.8 Å². The SMILES string of the molecule is COc1ccc(C(=O)NCc2ccn(C)c2)cc1OC. The third-order valence-corrected chi connectivity index (χ3v) is 2.99. The van der Waals surface area contributed by atoms with Gasteiger partial charge in [-0.25, -0.2) is 0 Å². The fourth-order valence-electron chi connectivity index (χ4n) is 1.93. The van der Waals surface area contributed by atoms with Gasteiger partial charge in [0.05, 0.1) is 14.2 Å². The Morgan fingerprint density at radius 1 is 1.20 bits per heavy atom. The topological polar surface area (TPSA) is 52.5 Å². The number of ether oxygens (including phenoxy) is 2. The van der Waals surface area contributed by atoms with E-state index in [1.54, 1.807) is 32.4 Å². The van der Waals surface area contributed by atoms with Crippen molar-refractivity contribution in [2.75, 3.05) is 14.2 Å². The van der Waals surface area contributed by atoms with E-state index < -0.39 is 0 Å². The minimum absolute atomic E-state index is 0.144. The van der Waals surface area contributed by atoms with Crippen LogP contribution in [0.25, 0.3) is 0 Å². The minimum atomic E-state index is -0.144. The quantitative estimate of drug-likeness (QED) is 0.907. The first-order valence-corrected chi connectivity index (χ1v) is 6.25. The summed E-state index contributed by atoms with van der Waals surface area (Å²) in [6.45, 7) is 0.494. The summed E-state index contributed by atoms with van der Waals surface area (Å²) in [4.78, 5) is 12.1. The molecule has 106 valence electrons. The molecule has 0 unspecified atom stereocenters. The number of aromatic nitrogens is 1. The molecule has 0 saturated heterocycles. The van der Waals surface area contributed by atoms with Crippen LogP contribution >= 0.6 is 0 Å².